The van der Waals surface area contributed by atoms with Gasteiger partial charge in [-0.25, -0.2) is 0 Å². The Morgan fingerprint density at radius 2 is 2.21 bits per heavy atom. The number of likely N-dealkylation sites (tertiary alicyclic amines) is 1. The summed E-state index contributed by atoms with van der Waals surface area (Å²) in [5.74, 6) is 0.287. The highest BCUT2D eigenvalue weighted by atomic mass is 79.9. The fourth-order valence-corrected chi connectivity index (χ4v) is 3.26. The Morgan fingerprint density at radius 3 is 2.84 bits per heavy atom. The van der Waals surface area contributed by atoms with Crippen molar-refractivity contribution in [1.82, 2.24) is 14.7 Å². The third-order valence-corrected chi connectivity index (χ3v) is 4.92. The van der Waals surface area contributed by atoms with E-state index >= 15 is 0 Å². The van der Waals surface area contributed by atoms with E-state index < -0.39 is 0 Å². The molecule has 1 atom stereocenters. The molecule has 0 aromatic carbocycles. The lowest BCUT2D eigenvalue weighted by atomic mass is 9.99. The fourth-order valence-electron chi connectivity index (χ4n) is 2.85. The van der Waals surface area contributed by atoms with E-state index in [4.69, 9.17) is 0 Å². The van der Waals surface area contributed by atoms with E-state index in [9.17, 15) is 4.79 Å². The number of ketones is 1. The number of rotatable bonds is 4. The Kier molecular flexibility index (Phi) is 4.79. The van der Waals surface area contributed by atoms with Gasteiger partial charge in [0.2, 0.25) is 0 Å². The zero-order chi connectivity index (χ0) is 14.0. The van der Waals surface area contributed by atoms with Gasteiger partial charge in [-0.1, -0.05) is 6.42 Å². The molecule has 106 valence electrons. The highest BCUT2D eigenvalue weighted by Crippen LogP contribution is 2.26. The van der Waals surface area contributed by atoms with Crippen molar-refractivity contribution in [2.75, 3.05) is 6.54 Å². The molecule has 0 amide bonds. The summed E-state index contributed by atoms with van der Waals surface area (Å²) >= 11 is 3.63. The topological polar surface area (TPSA) is 38.1 Å². The highest BCUT2D eigenvalue weighted by Gasteiger charge is 2.27. The summed E-state index contributed by atoms with van der Waals surface area (Å²) in [5.41, 5.74) is 2.21. The smallest absolute Gasteiger partial charge is 0.146 e. The van der Waals surface area contributed by atoms with Gasteiger partial charge in [-0.05, 0) is 56.1 Å². The fraction of sp³-hybridized carbons (Fsp3) is 0.714. The number of aryl methyl sites for hydroxylation is 2. The van der Waals surface area contributed by atoms with Crippen LogP contribution in [0, 0.1) is 6.92 Å². The van der Waals surface area contributed by atoms with Crippen molar-refractivity contribution in [3.05, 3.63) is 15.9 Å². The summed E-state index contributed by atoms with van der Waals surface area (Å²) < 4.78 is 3.12. The molecule has 1 aliphatic heterocycles. The molecular weight excluding hydrogens is 306 g/mol. The number of nitrogens with zero attached hydrogens (tertiary/aromatic N) is 3. The van der Waals surface area contributed by atoms with Crippen LogP contribution in [-0.2, 0) is 17.9 Å². The molecular formula is C14H22BrN3O. The van der Waals surface area contributed by atoms with Crippen LogP contribution < -0.4 is 0 Å². The van der Waals surface area contributed by atoms with Gasteiger partial charge in [-0.3, -0.25) is 14.4 Å². The predicted molar refractivity (Wildman–Crippen MR) is 79.1 cm³/mol. The molecule has 4 nitrogen and oxygen atoms in total. The lowest BCUT2D eigenvalue weighted by Crippen LogP contribution is -2.43. The van der Waals surface area contributed by atoms with Crippen molar-refractivity contribution in [1.29, 1.82) is 0 Å². The van der Waals surface area contributed by atoms with Crippen molar-refractivity contribution in [2.45, 2.75) is 59.2 Å². The summed E-state index contributed by atoms with van der Waals surface area (Å²) in [4.78, 5) is 14.1. The second kappa shape index (κ2) is 6.18. The molecule has 1 aromatic heterocycles. The van der Waals surface area contributed by atoms with E-state index in [0.29, 0.717) is 0 Å². The van der Waals surface area contributed by atoms with Gasteiger partial charge in [-0.15, -0.1) is 0 Å². The number of carbonyl (C=O) groups excluding carboxylic acids is 1. The van der Waals surface area contributed by atoms with Crippen molar-refractivity contribution in [3.63, 3.8) is 0 Å². The van der Waals surface area contributed by atoms with E-state index in [1.807, 2.05) is 11.6 Å². The van der Waals surface area contributed by atoms with Crippen molar-refractivity contribution in [2.24, 2.45) is 0 Å². The average molecular weight is 328 g/mol. The van der Waals surface area contributed by atoms with Gasteiger partial charge in [0.25, 0.3) is 0 Å². The summed E-state index contributed by atoms with van der Waals surface area (Å²) in [6, 6.07) is 0.0844. The number of Topliss-reactive ketones (excluding diaryl/α,β-unsaturated/α-hetero) is 1. The Hall–Kier alpha value is -0.680. The molecule has 1 unspecified atom stereocenters. The number of piperidine rings is 1. The molecule has 0 N–H and O–H groups in total. The van der Waals surface area contributed by atoms with Crippen LogP contribution in [0.15, 0.2) is 4.47 Å². The maximum absolute atomic E-state index is 11.8. The first-order valence-electron chi connectivity index (χ1n) is 7.00. The molecule has 0 bridgehead atoms. The van der Waals surface area contributed by atoms with E-state index in [-0.39, 0.29) is 11.8 Å². The third kappa shape index (κ3) is 3.08. The zero-order valence-electron chi connectivity index (χ0n) is 11.9. The molecule has 1 fully saturated rings. The van der Waals surface area contributed by atoms with Crippen LogP contribution in [0.5, 0.6) is 0 Å². The van der Waals surface area contributed by atoms with Crippen molar-refractivity contribution in [3.8, 4) is 0 Å². The summed E-state index contributed by atoms with van der Waals surface area (Å²) in [6.07, 6.45) is 3.33. The normalized spacial score (nSPS) is 20.7. The quantitative estimate of drug-likeness (QED) is 0.853. The van der Waals surface area contributed by atoms with Crippen LogP contribution in [0.1, 0.15) is 44.5 Å². The summed E-state index contributed by atoms with van der Waals surface area (Å²) in [6.45, 7) is 8.49. The first kappa shape index (κ1) is 14.7. The van der Waals surface area contributed by atoms with Gasteiger partial charge in [0, 0.05) is 13.1 Å². The Bertz CT molecular complexity index is 470. The van der Waals surface area contributed by atoms with Gasteiger partial charge in [0.15, 0.2) is 0 Å². The molecule has 0 radical (unpaired) electrons. The van der Waals surface area contributed by atoms with Crippen LogP contribution in [0.4, 0.5) is 0 Å². The second-order valence-electron chi connectivity index (χ2n) is 5.25. The molecule has 0 saturated carbocycles. The Balaban J connectivity index is 2.21. The zero-order valence-corrected chi connectivity index (χ0v) is 13.5. The van der Waals surface area contributed by atoms with Crippen LogP contribution in [0.3, 0.4) is 0 Å². The maximum atomic E-state index is 11.8. The van der Waals surface area contributed by atoms with E-state index in [0.717, 1.165) is 42.6 Å². The molecule has 2 rings (SSSR count). The van der Waals surface area contributed by atoms with Crippen molar-refractivity contribution >= 4 is 21.7 Å². The molecule has 1 aromatic rings. The third-order valence-electron chi connectivity index (χ3n) is 3.89. The van der Waals surface area contributed by atoms with Crippen LogP contribution in [0.25, 0.3) is 0 Å². The maximum Gasteiger partial charge on any atom is 0.146 e. The van der Waals surface area contributed by atoms with Gasteiger partial charge in [-0.2, -0.15) is 5.10 Å². The Labute approximate surface area is 123 Å². The number of hydrogen-bond donors (Lipinski definition) is 0. The Morgan fingerprint density at radius 1 is 1.47 bits per heavy atom. The minimum atomic E-state index is 0.0844. The molecule has 1 saturated heterocycles. The SMILES string of the molecule is CCn1nc(C)c(Br)c1CN1CCCCC1C(C)=O. The average Bonchev–Trinajstić information content (AvgIpc) is 2.67. The van der Waals surface area contributed by atoms with Gasteiger partial charge in [0.05, 0.1) is 21.9 Å². The number of hydrogen-bond acceptors (Lipinski definition) is 3. The first-order valence-corrected chi connectivity index (χ1v) is 7.80. The molecule has 5 heteroatoms. The van der Waals surface area contributed by atoms with E-state index in [1.165, 1.54) is 12.1 Å². The molecule has 19 heavy (non-hydrogen) atoms. The van der Waals surface area contributed by atoms with Crippen molar-refractivity contribution < 1.29 is 4.79 Å². The van der Waals surface area contributed by atoms with E-state index in [2.05, 4.69) is 32.9 Å². The minimum absolute atomic E-state index is 0.0844. The predicted octanol–water partition coefficient (Wildman–Crippen LogP) is 2.92. The van der Waals surface area contributed by atoms with Crippen LogP contribution in [-0.4, -0.2) is 33.1 Å². The van der Waals surface area contributed by atoms with E-state index in [1.54, 1.807) is 6.92 Å². The van der Waals surface area contributed by atoms with Gasteiger partial charge < -0.3 is 0 Å². The highest BCUT2D eigenvalue weighted by molar-refractivity contribution is 9.10. The van der Waals surface area contributed by atoms with Crippen LogP contribution >= 0.6 is 15.9 Å². The monoisotopic (exact) mass is 327 g/mol. The second-order valence-corrected chi connectivity index (χ2v) is 6.05. The summed E-state index contributed by atoms with van der Waals surface area (Å²) in [7, 11) is 0. The molecule has 0 aliphatic carbocycles. The van der Waals surface area contributed by atoms with Crippen LogP contribution in [0.2, 0.25) is 0 Å². The largest absolute Gasteiger partial charge is 0.298 e. The number of halogens is 1. The molecule has 1 aliphatic rings. The lowest BCUT2D eigenvalue weighted by molar-refractivity contribution is -0.123. The standard InChI is InChI=1S/C14H22BrN3O/c1-4-18-13(14(15)10(2)16-18)9-17-8-6-5-7-12(17)11(3)19/h12H,4-9H2,1-3H3. The molecule has 2 heterocycles. The summed E-state index contributed by atoms with van der Waals surface area (Å²) in [5, 5.41) is 4.52. The number of aromatic nitrogens is 2. The first-order chi connectivity index (χ1) is 9.04. The van der Waals surface area contributed by atoms with Gasteiger partial charge in [0.1, 0.15) is 5.78 Å². The lowest BCUT2D eigenvalue weighted by Gasteiger charge is -2.34. The van der Waals surface area contributed by atoms with Gasteiger partial charge >= 0.3 is 0 Å². The minimum Gasteiger partial charge on any atom is -0.298 e. The number of carbonyl (C=O) groups is 1. The molecule has 0 spiro atoms.